The molecular formula is C26H30Br2N4O3. The maximum absolute atomic E-state index is 12.7. The summed E-state index contributed by atoms with van der Waals surface area (Å²) in [5.74, 6) is 0.516. The topological polar surface area (TPSA) is 84.4 Å². The van der Waals surface area contributed by atoms with E-state index in [0.29, 0.717) is 25.2 Å². The van der Waals surface area contributed by atoms with Crippen LogP contribution in [0, 0.1) is 13.8 Å². The van der Waals surface area contributed by atoms with E-state index in [1.807, 2.05) is 24.3 Å². The van der Waals surface area contributed by atoms with Gasteiger partial charge in [0.2, 0.25) is 0 Å². The summed E-state index contributed by atoms with van der Waals surface area (Å²) in [6.45, 7) is 4.73. The second-order valence-electron chi connectivity index (χ2n) is 8.41. The summed E-state index contributed by atoms with van der Waals surface area (Å²) < 4.78 is 8.70. The zero-order valence-corrected chi connectivity index (χ0v) is 23.4. The van der Waals surface area contributed by atoms with Gasteiger partial charge in [0.1, 0.15) is 11.4 Å². The number of nitrogens with one attached hydrogen (secondary N) is 3. The average molecular weight is 606 g/mol. The molecule has 1 heterocycles. The second-order valence-corrected chi connectivity index (χ2v) is 10.0. The molecule has 0 aliphatic heterocycles. The quantitative estimate of drug-likeness (QED) is 0.294. The van der Waals surface area contributed by atoms with Gasteiger partial charge in [-0.1, -0.05) is 41.5 Å². The van der Waals surface area contributed by atoms with Gasteiger partial charge < -0.3 is 25.3 Å². The van der Waals surface area contributed by atoms with Crippen LogP contribution in [-0.2, 0) is 13.5 Å². The molecule has 1 unspecified atom stereocenters. The Balaban J connectivity index is 1.61. The van der Waals surface area contributed by atoms with Gasteiger partial charge in [0.25, 0.3) is 5.91 Å². The molecule has 9 heteroatoms. The summed E-state index contributed by atoms with van der Waals surface area (Å²) in [6, 6.07) is 15.3. The summed E-state index contributed by atoms with van der Waals surface area (Å²) in [6.07, 6.45) is 0.636. The average Bonchev–Trinajstić information content (AvgIpc) is 3.08. The van der Waals surface area contributed by atoms with Crippen molar-refractivity contribution in [1.29, 1.82) is 0 Å². The molecule has 3 N–H and O–H groups in total. The number of aryl methyl sites for hydroxylation is 2. The van der Waals surface area contributed by atoms with Crippen molar-refractivity contribution in [1.82, 2.24) is 20.5 Å². The summed E-state index contributed by atoms with van der Waals surface area (Å²) in [5.41, 5.74) is 4.97. The molecule has 0 saturated carbocycles. The molecule has 7 nitrogen and oxygen atoms in total. The van der Waals surface area contributed by atoms with E-state index in [1.54, 1.807) is 24.8 Å². The number of carbonyl (C=O) groups is 2. The van der Waals surface area contributed by atoms with Crippen LogP contribution in [0.2, 0.25) is 0 Å². The van der Waals surface area contributed by atoms with E-state index < -0.39 is 0 Å². The minimum absolute atomic E-state index is 0.217. The summed E-state index contributed by atoms with van der Waals surface area (Å²) in [7, 11) is 3.42. The zero-order valence-electron chi connectivity index (χ0n) is 20.2. The molecule has 0 bridgehead atoms. The predicted octanol–water partition coefficient (Wildman–Crippen LogP) is 5.19. The number of nitrogens with zero attached hydrogens (tertiary/aromatic N) is 1. The Morgan fingerprint density at radius 2 is 1.69 bits per heavy atom. The standard InChI is InChI=1S/C26H30Br2N4O3/c1-16-10-17(2)12-18(11-16)13-22(19-6-5-7-20(14-19)35-4)31-26(34)30-9-8-29-25(33)23-15-21(27)24(28)32(23)3/h5-7,10-12,14-15,22H,8-9,13H2,1-4H3,(H,29,33)(H2,30,31,34). The van der Waals surface area contributed by atoms with Crippen LogP contribution in [0.4, 0.5) is 4.79 Å². The Morgan fingerprint density at radius 3 is 2.31 bits per heavy atom. The molecule has 2 aromatic carbocycles. The highest BCUT2D eigenvalue weighted by Gasteiger charge is 2.18. The number of hydrogen-bond acceptors (Lipinski definition) is 3. The summed E-state index contributed by atoms with van der Waals surface area (Å²) >= 11 is 6.81. The van der Waals surface area contributed by atoms with Crippen molar-refractivity contribution in [2.45, 2.75) is 26.3 Å². The number of benzene rings is 2. The molecule has 1 aromatic heterocycles. The van der Waals surface area contributed by atoms with Gasteiger partial charge in [-0.3, -0.25) is 4.79 Å². The molecule has 1 atom stereocenters. The fourth-order valence-corrected chi connectivity index (χ4v) is 4.73. The normalized spacial score (nSPS) is 11.6. The second kappa shape index (κ2) is 12.3. The van der Waals surface area contributed by atoms with E-state index in [0.717, 1.165) is 26.0 Å². The molecule has 3 amide bonds. The number of aromatic nitrogens is 1. The number of halogens is 2. The largest absolute Gasteiger partial charge is 0.497 e. The fraction of sp³-hybridized carbons (Fsp3) is 0.308. The lowest BCUT2D eigenvalue weighted by atomic mass is 9.96. The Hall–Kier alpha value is -2.78. The highest BCUT2D eigenvalue weighted by molar-refractivity contribution is 9.13. The molecule has 3 rings (SSSR count). The maximum Gasteiger partial charge on any atom is 0.315 e. The first-order valence-electron chi connectivity index (χ1n) is 11.2. The van der Waals surface area contributed by atoms with Crippen molar-refractivity contribution in [3.8, 4) is 5.75 Å². The monoisotopic (exact) mass is 604 g/mol. The molecule has 0 radical (unpaired) electrons. The van der Waals surface area contributed by atoms with Crippen molar-refractivity contribution in [2.75, 3.05) is 20.2 Å². The third kappa shape index (κ3) is 7.35. The lowest BCUT2D eigenvalue weighted by Crippen LogP contribution is -2.42. The van der Waals surface area contributed by atoms with Crippen molar-refractivity contribution in [2.24, 2.45) is 7.05 Å². The van der Waals surface area contributed by atoms with Gasteiger partial charge in [0, 0.05) is 20.1 Å². The first kappa shape index (κ1) is 26.8. The van der Waals surface area contributed by atoms with Crippen LogP contribution in [0.3, 0.4) is 0 Å². The van der Waals surface area contributed by atoms with Gasteiger partial charge in [0.15, 0.2) is 0 Å². The molecule has 3 aromatic rings. The van der Waals surface area contributed by atoms with E-state index in [4.69, 9.17) is 4.74 Å². The van der Waals surface area contributed by atoms with Crippen LogP contribution in [-0.4, -0.2) is 36.7 Å². The number of urea groups is 1. The Bertz CT molecular complexity index is 1190. The van der Waals surface area contributed by atoms with Gasteiger partial charge in [-0.05, 0) is 81.5 Å². The third-order valence-electron chi connectivity index (χ3n) is 5.57. The number of hydrogen-bond donors (Lipinski definition) is 3. The van der Waals surface area contributed by atoms with Gasteiger partial charge in [-0.15, -0.1) is 0 Å². The van der Waals surface area contributed by atoms with Gasteiger partial charge in [0.05, 0.1) is 22.2 Å². The number of rotatable bonds is 9. The smallest absolute Gasteiger partial charge is 0.315 e. The SMILES string of the molecule is COc1cccc(C(Cc2cc(C)cc(C)c2)NC(=O)NCCNC(=O)c2cc(Br)c(Br)n2C)c1. The fourth-order valence-electron chi connectivity index (χ4n) is 3.95. The lowest BCUT2D eigenvalue weighted by Gasteiger charge is -2.21. The predicted molar refractivity (Wildman–Crippen MR) is 145 cm³/mol. The number of methoxy groups -OCH3 is 1. The summed E-state index contributed by atoms with van der Waals surface area (Å²) in [4.78, 5) is 25.2. The van der Waals surface area contributed by atoms with Gasteiger partial charge in [-0.25, -0.2) is 4.79 Å². The molecule has 0 saturated heterocycles. The lowest BCUT2D eigenvalue weighted by molar-refractivity contribution is 0.0945. The minimum Gasteiger partial charge on any atom is -0.497 e. The van der Waals surface area contributed by atoms with E-state index in [1.165, 1.54) is 11.1 Å². The minimum atomic E-state index is -0.305. The Labute approximate surface area is 222 Å². The molecule has 35 heavy (non-hydrogen) atoms. The molecule has 0 aliphatic rings. The zero-order chi connectivity index (χ0) is 25.5. The van der Waals surface area contributed by atoms with Crippen LogP contribution in [0.15, 0.2) is 57.6 Å². The van der Waals surface area contributed by atoms with Crippen LogP contribution in [0.1, 0.15) is 38.8 Å². The van der Waals surface area contributed by atoms with Crippen LogP contribution in [0.5, 0.6) is 5.75 Å². The number of ether oxygens (including phenoxy) is 1. The van der Waals surface area contributed by atoms with E-state index in [9.17, 15) is 9.59 Å². The molecule has 0 spiro atoms. The van der Waals surface area contributed by atoms with E-state index >= 15 is 0 Å². The maximum atomic E-state index is 12.7. The van der Waals surface area contributed by atoms with Crippen molar-refractivity contribution >= 4 is 43.8 Å². The first-order chi connectivity index (χ1) is 16.7. The third-order valence-corrected chi connectivity index (χ3v) is 7.66. The van der Waals surface area contributed by atoms with Crippen LogP contribution >= 0.6 is 31.9 Å². The highest BCUT2D eigenvalue weighted by Crippen LogP contribution is 2.26. The van der Waals surface area contributed by atoms with Crippen molar-refractivity contribution < 1.29 is 14.3 Å². The highest BCUT2D eigenvalue weighted by atomic mass is 79.9. The van der Waals surface area contributed by atoms with Crippen LogP contribution in [0.25, 0.3) is 0 Å². The summed E-state index contributed by atoms with van der Waals surface area (Å²) in [5, 5.41) is 8.74. The molecule has 0 fully saturated rings. The van der Waals surface area contributed by atoms with Gasteiger partial charge >= 0.3 is 6.03 Å². The van der Waals surface area contributed by atoms with Crippen LogP contribution < -0.4 is 20.7 Å². The molecule has 186 valence electrons. The van der Waals surface area contributed by atoms with Crippen molar-refractivity contribution in [3.05, 3.63) is 85.6 Å². The first-order valence-corrected chi connectivity index (χ1v) is 12.8. The number of amides is 3. The van der Waals surface area contributed by atoms with E-state index in [-0.39, 0.29) is 18.0 Å². The molecule has 0 aliphatic carbocycles. The van der Waals surface area contributed by atoms with Gasteiger partial charge in [-0.2, -0.15) is 0 Å². The Morgan fingerprint density at radius 1 is 1.00 bits per heavy atom. The Kier molecular flexibility index (Phi) is 9.40. The molecular weight excluding hydrogens is 576 g/mol. The van der Waals surface area contributed by atoms with Crippen molar-refractivity contribution in [3.63, 3.8) is 0 Å². The van der Waals surface area contributed by atoms with E-state index in [2.05, 4.69) is 79.9 Å². The number of carbonyl (C=O) groups excluding carboxylic acids is 2.